The molecule has 0 amide bonds. The zero-order chi connectivity index (χ0) is 29.9. The third-order valence-corrected chi connectivity index (χ3v) is 13.8. The van der Waals surface area contributed by atoms with E-state index in [4.69, 9.17) is 9.47 Å². The van der Waals surface area contributed by atoms with Gasteiger partial charge in [0.2, 0.25) is 0 Å². The van der Waals surface area contributed by atoms with Gasteiger partial charge in [0.25, 0.3) is 0 Å². The summed E-state index contributed by atoms with van der Waals surface area (Å²) in [7, 11) is 0. The molecule has 10 atom stereocenters. The number of allylic oxidation sites excluding steroid dienone is 1. The van der Waals surface area contributed by atoms with Crippen LogP contribution < -0.4 is 0 Å². The van der Waals surface area contributed by atoms with Crippen LogP contribution in [-0.2, 0) is 14.3 Å². The van der Waals surface area contributed by atoms with Crippen molar-refractivity contribution in [2.24, 2.45) is 50.2 Å². The summed E-state index contributed by atoms with van der Waals surface area (Å²) in [5.74, 6) is -0.966. The molecule has 5 heteroatoms. The van der Waals surface area contributed by atoms with E-state index in [-0.39, 0.29) is 46.3 Å². The standard InChI is InChI=1S/C35H58O5/c1-21(36)39-26-19-27(40-31(6,7)38)35(11)25(30(26,4)5)12-13-34(10)28(35)24(37)18-22-23-20-29(2,3)14-15-32(23,8)16-17-33(22,34)9/h18,23-28,37-38H,12-17,19-20H2,1-11H3/t23-,24+,25-,26-,27+,28-,32+,33+,34+,35+/m0/s1. The summed E-state index contributed by atoms with van der Waals surface area (Å²) < 4.78 is 12.5. The third-order valence-electron chi connectivity index (χ3n) is 13.8. The maximum atomic E-state index is 12.3. The number of ether oxygens (including phenoxy) is 2. The monoisotopic (exact) mass is 558 g/mol. The molecule has 0 heterocycles. The quantitative estimate of drug-likeness (QED) is 0.214. The first-order valence-electron chi connectivity index (χ1n) is 16.1. The van der Waals surface area contributed by atoms with Crippen LogP contribution in [0.3, 0.4) is 0 Å². The van der Waals surface area contributed by atoms with Crippen molar-refractivity contribution in [1.82, 2.24) is 0 Å². The Labute approximate surface area is 243 Å². The molecular weight excluding hydrogens is 500 g/mol. The van der Waals surface area contributed by atoms with Gasteiger partial charge in [0.15, 0.2) is 5.79 Å². The van der Waals surface area contributed by atoms with Crippen LogP contribution in [0, 0.1) is 50.2 Å². The van der Waals surface area contributed by atoms with E-state index in [1.165, 1.54) is 38.2 Å². The molecule has 5 aliphatic rings. The first-order chi connectivity index (χ1) is 18.1. The first-order valence-corrected chi connectivity index (χ1v) is 16.1. The predicted octanol–water partition coefficient (Wildman–Crippen LogP) is 7.43. The van der Waals surface area contributed by atoms with E-state index in [2.05, 4.69) is 61.5 Å². The van der Waals surface area contributed by atoms with E-state index < -0.39 is 17.3 Å². The highest BCUT2D eigenvalue weighted by atomic mass is 16.6. The maximum Gasteiger partial charge on any atom is 0.302 e. The Kier molecular flexibility index (Phi) is 6.91. The molecule has 0 radical (unpaired) electrons. The van der Waals surface area contributed by atoms with Crippen LogP contribution in [0.4, 0.5) is 0 Å². The molecule has 0 spiro atoms. The van der Waals surface area contributed by atoms with Gasteiger partial charge in [0.05, 0.1) is 12.2 Å². The zero-order valence-electron chi connectivity index (χ0n) is 27.3. The van der Waals surface area contributed by atoms with Gasteiger partial charge in [-0.3, -0.25) is 4.79 Å². The van der Waals surface area contributed by atoms with Gasteiger partial charge in [-0.05, 0) is 92.3 Å². The van der Waals surface area contributed by atoms with Crippen molar-refractivity contribution in [3.63, 3.8) is 0 Å². The highest BCUT2D eigenvalue weighted by Crippen LogP contribution is 2.76. The molecule has 0 aliphatic heterocycles. The average molecular weight is 559 g/mol. The van der Waals surface area contributed by atoms with Gasteiger partial charge in [0.1, 0.15) is 6.10 Å². The normalized spacial score (nSPS) is 49.5. The number of hydrogen-bond acceptors (Lipinski definition) is 5. The van der Waals surface area contributed by atoms with E-state index >= 15 is 0 Å². The smallest absolute Gasteiger partial charge is 0.302 e. The molecule has 5 aliphatic carbocycles. The SMILES string of the molecule is CC(=O)O[C@H]1C[C@@H](OC(C)(C)O)[C@]2(C)[C@H]3[C@H](O)C=C4[C@@H]5CC(C)(C)CC[C@]5(C)CC[C@@]4(C)[C@]3(C)CC[C@H]2C1(C)C. The van der Waals surface area contributed by atoms with E-state index in [1.54, 1.807) is 13.8 Å². The van der Waals surface area contributed by atoms with Crippen LogP contribution in [0.15, 0.2) is 11.6 Å². The van der Waals surface area contributed by atoms with Crippen LogP contribution in [0.25, 0.3) is 0 Å². The summed E-state index contributed by atoms with van der Waals surface area (Å²) in [6.45, 7) is 24.0. The minimum Gasteiger partial charge on any atom is -0.462 e. The summed E-state index contributed by atoms with van der Waals surface area (Å²) >= 11 is 0. The topological polar surface area (TPSA) is 76.0 Å². The number of carbonyl (C=O) groups excluding carboxylic acids is 1. The molecule has 0 aromatic rings. The molecular formula is C35H58O5. The number of rotatable bonds is 3. The molecule has 0 bridgehead atoms. The summed E-state index contributed by atoms with van der Waals surface area (Å²) in [6, 6.07) is 0. The molecule has 5 rings (SSSR count). The van der Waals surface area contributed by atoms with Gasteiger partial charge in [-0.25, -0.2) is 0 Å². The van der Waals surface area contributed by atoms with Gasteiger partial charge < -0.3 is 19.7 Å². The van der Waals surface area contributed by atoms with E-state index in [0.29, 0.717) is 23.2 Å². The van der Waals surface area contributed by atoms with Gasteiger partial charge >= 0.3 is 5.97 Å². The van der Waals surface area contributed by atoms with Crippen LogP contribution in [0.1, 0.15) is 128 Å². The van der Waals surface area contributed by atoms with E-state index in [0.717, 1.165) is 19.3 Å². The zero-order valence-corrected chi connectivity index (χ0v) is 27.3. The minimum absolute atomic E-state index is 0.00136. The molecule has 4 fully saturated rings. The lowest BCUT2D eigenvalue weighted by molar-refractivity contribution is -0.313. The fraction of sp³-hybridized carbons (Fsp3) is 0.914. The lowest BCUT2D eigenvalue weighted by Gasteiger charge is -2.73. The van der Waals surface area contributed by atoms with Crippen molar-refractivity contribution in [2.45, 2.75) is 152 Å². The lowest BCUT2D eigenvalue weighted by atomic mass is 9.33. The largest absolute Gasteiger partial charge is 0.462 e. The third kappa shape index (κ3) is 4.29. The number of hydrogen-bond donors (Lipinski definition) is 2. The Bertz CT molecular complexity index is 1070. The van der Waals surface area contributed by atoms with Crippen molar-refractivity contribution in [2.75, 3.05) is 0 Å². The second-order valence-electron chi connectivity index (χ2n) is 17.6. The summed E-state index contributed by atoms with van der Waals surface area (Å²) in [4.78, 5) is 12.2. The van der Waals surface area contributed by atoms with Gasteiger partial charge in [-0.1, -0.05) is 67.0 Å². The Hall–Kier alpha value is -0.910. The summed E-state index contributed by atoms with van der Waals surface area (Å²) in [5, 5.41) is 23.3. The minimum atomic E-state index is -1.33. The molecule has 228 valence electrons. The average Bonchev–Trinajstić information content (AvgIpc) is 2.78. The van der Waals surface area contributed by atoms with Crippen molar-refractivity contribution < 1.29 is 24.5 Å². The van der Waals surface area contributed by atoms with Gasteiger partial charge in [-0.15, -0.1) is 0 Å². The van der Waals surface area contributed by atoms with Crippen LogP contribution in [-0.4, -0.2) is 40.3 Å². The number of aliphatic hydroxyl groups is 2. The molecule has 5 nitrogen and oxygen atoms in total. The second kappa shape index (κ2) is 9.05. The van der Waals surface area contributed by atoms with Crippen molar-refractivity contribution in [1.29, 1.82) is 0 Å². The number of fused-ring (bicyclic) bond motifs is 7. The van der Waals surface area contributed by atoms with Crippen molar-refractivity contribution in [3.05, 3.63) is 11.6 Å². The summed E-state index contributed by atoms with van der Waals surface area (Å²) in [6.07, 6.45) is 9.74. The Morgan fingerprint density at radius 3 is 2.17 bits per heavy atom. The molecule has 0 saturated heterocycles. The Morgan fingerprint density at radius 1 is 0.950 bits per heavy atom. The van der Waals surface area contributed by atoms with Crippen molar-refractivity contribution >= 4 is 5.97 Å². The summed E-state index contributed by atoms with van der Waals surface area (Å²) in [5.41, 5.74) is 1.33. The van der Waals surface area contributed by atoms with Crippen molar-refractivity contribution in [3.8, 4) is 0 Å². The fourth-order valence-electron chi connectivity index (χ4n) is 11.4. The predicted molar refractivity (Wildman–Crippen MR) is 158 cm³/mol. The molecule has 0 aromatic heterocycles. The van der Waals surface area contributed by atoms with Gasteiger partial charge in [-0.2, -0.15) is 0 Å². The first kappa shape index (κ1) is 30.5. The highest BCUT2D eigenvalue weighted by molar-refractivity contribution is 5.66. The molecule has 4 saturated carbocycles. The van der Waals surface area contributed by atoms with E-state index in [9.17, 15) is 15.0 Å². The van der Waals surface area contributed by atoms with Crippen LogP contribution in [0.2, 0.25) is 0 Å². The fourth-order valence-corrected chi connectivity index (χ4v) is 11.4. The van der Waals surface area contributed by atoms with Crippen LogP contribution in [0.5, 0.6) is 0 Å². The Balaban J connectivity index is 1.65. The number of esters is 1. The second-order valence-corrected chi connectivity index (χ2v) is 17.6. The molecule has 0 unspecified atom stereocenters. The molecule has 40 heavy (non-hydrogen) atoms. The van der Waals surface area contributed by atoms with E-state index in [1.807, 2.05) is 0 Å². The molecule has 2 N–H and O–H groups in total. The van der Waals surface area contributed by atoms with Gasteiger partial charge in [0, 0.05) is 30.1 Å². The lowest BCUT2D eigenvalue weighted by Crippen LogP contribution is -2.71. The van der Waals surface area contributed by atoms with Crippen LogP contribution >= 0.6 is 0 Å². The number of aliphatic hydroxyl groups excluding tert-OH is 1. The molecule has 0 aromatic carbocycles. The highest BCUT2D eigenvalue weighted by Gasteiger charge is 2.72. The maximum absolute atomic E-state index is 12.3. The Morgan fingerprint density at radius 2 is 1.57 bits per heavy atom. The number of carbonyl (C=O) groups is 1.